The number of benzene rings is 1. The van der Waals surface area contributed by atoms with Gasteiger partial charge in [-0.05, 0) is 83.6 Å². The van der Waals surface area contributed by atoms with E-state index in [1.165, 1.54) is 24.0 Å². The molecule has 1 saturated heterocycles. The molecular formula is C28H35N7S. The van der Waals surface area contributed by atoms with Crippen molar-refractivity contribution in [3.63, 3.8) is 0 Å². The van der Waals surface area contributed by atoms with Gasteiger partial charge in [-0.15, -0.1) is 0 Å². The Kier molecular flexibility index (Phi) is 7.27. The Labute approximate surface area is 219 Å². The number of thiocarbonyl (C=S) groups is 1. The van der Waals surface area contributed by atoms with Crippen molar-refractivity contribution in [2.75, 3.05) is 44.4 Å². The maximum absolute atomic E-state index is 5.55. The molecule has 2 aliphatic rings. The van der Waals surface area contributed by atoms with Crippen LogP contribution >= 0.6 is 12.2 Å². The van der Waals surface area contributed by atoms with Crippen molar-refractivity contribution in [1.29, 1.82) is 0 Å². The zero-order chi connectivity index (χ0) is 25.2. The Hall–Kier alpha value is -2.94. The topological polar surface area (TPSA) is 69.2 Å². The second kappa shape index (κ2) is 10.6. The van der Waals surface area contributed by atoms with Gasteiger partial charge in [-0.25, -0.2) is 9.97 Å². The van der Waals surface area contributed by atoms with E-state index in [2.05, 4.69) is 75.7 Å². The molecule has 1 fully saturated rings. The van der Waals surface area contributed by atoms with Crippen LogP contribution < -0.4 is 10.6 Å². The maximum Gasteiger partial charge on any atom is 0.227 e. The zero-order valence-electron chi connectivity index (χ0n) is 21.6. The number of likely N-dealkylation sites (tertiary alicyclic amines) is 1. The fourth-order valence-corrected chi connectivity index (χ4v) is 5.34. The van der Waals surface area contributed by atoms with Crippen LogP contribution in [0.2, 0.25) is 0 Å². The Morgan fingerprint density at radius 2 is 1.92 bits per heavy atom. The number of nitrogens with zero attached hydrogens (tertiary/aromatic N) is 5. The van der Waals surface area contributed by atoms with Crippen LogP contribution in [-0.2, 0) is 12.8 Å². The van der Waals surface area contributed by atoms with E-state index >= 15 is 0 Å². The van der Waals surface area contributed by atoms with Gasteiger partial charge in [0.05, 0.1) is 22.1 Å². The Morgan fingerprint density at radius 1 is 1.11 bits per heavy atom. The minimum Gasteiger partial charge on any atom is -0.349 e. The molecule has 0 amide bonds. The number of hydrogen-bond acceptors (Lipinski definition) is 7. The van der Waals surface area contributed by atoms with Crippen LogP contribution in [0.5, 0.6) is 0 Å². The highest BCUT2D eigenvalue weighted by atomic mass is 32.1. The minimum atomic E-state index is 0.570. The Morgan fingerprint density at radius 3 is 2.69 bits per heavy atom. The predicted molar refractivity (Wildman–Crippen MR) is 151 cm³/mol. The first-order valence-electron chi connectivity index (χ1n) is 12.7. The molecule has 0 saturated carbocycles. The molecule has 8 heteroatoms. The van der Waals surface area contributed by atoms with Crippen LogP contribution in [-0.4, -0.2) is 69.5 Å². The van der Waals surface area contributed by atoms with Crippen molar-refractivity contribution >= 4 is 34.5 Å². The summed E-state index contributed by atoms with van der Waals surface area (Å²) in [6, 6.07) is 9.23. The molecule has 0 atom stereocenters. The quantitative estimate of drug-likeness (QED) is 0.469. The minimum absolute atomic E-state index is 0.570. The van der Waals surface area contributed by atoms with E-state index in [1.54, 1.807) is 0 Å². The van der Waals surface area contributed by atoms with Gasteiger partial charge in [0.2, 0.25) is 5.95 Å². The average Bonchev–Trinajstić information content (AvgIpc) is 2.99. The van der Waals surface area contributed by atoms with Gasteiger partial charge in [0.15, 0.2) is 0 Å². The fraction of sp³-hybridized carbons (Fsp3) is 0.429. The second-order valence-electron chi connectivity index (χ2n) is 10.2. The molecule has 0 aliphatic carbocycles. The highest BCUT2D eigenvalue weighted by Gasteiger charge is 2.21. The number of fused-ring (bicyclic) bond motifs is 3. The number of hydrogen-bond donors (Lipinski definition) is 2. The molecule has 0 radical (unpaired) electrons. The highest BCUT2D eigenvalue weighted by Crippen LogP contribution is 2.34. The van der Waals surface area contributed by atoms with Crippen LogP contribution in [0.15, 0.2) is 36.7 Å². The van der Waals surface area contributed by atoms with E-state index in [-0.39, 0.29) is 0 Å². The van der Waals surface area contributed by atoms with Gasteiger partial charge in [0.25, 0.3) is 0 Å². The molecule has 0 unspecified atom stereocenters. The summed E-state index contributed by atoms with van der Waals surface area (Å²) in [5, 5.41) is 6.81. The van der Waals surface area contributed by atoms with Gasteiger partial charge in [0, 0.05) is 48.2 Å². The molecule has 0 bridgehead atoms. The number of nitrogens with one attached hydrogen (secondary N) is 2. The first-order valence-corrected chi connectivity index (χ1v) is 13.1. The molecule has 2 aliphatic heterocycles. The van der Waals surface area contributed by atoms with Crippen LogP contribution in [0.1, 0.15) is 35.2 Å². The summed E-state index contributed by atoms with van der Waals surface area (Å²) in [5.74, 6) is 0.570. The Balaban J connectivity index is 1.32. The summed E-state index contributed by atoms with van der Waals surface area (Å²) in [5.41, 5.74) is 8.28. The summed E-state index contributed by atoms with van der Waals surface area (Å²) < 4.78 is 0. The largest absolute Gasteiger partial charge is 0.349 e. The van der Waals surface area contributed by atoms with Crippen molar-refractivity contribution in [1.82, 2.24) is 24.8 Å². The second-order valence-corrected chi connectivity index (χ2v) is 10.7. The highest BCUT2D eigenvalue weighted by molar-refractivity contribution is 7.80. The van der Waals surface area contributed by atoms with Crippen molar-refractivity contribution in [3.8, 4) is 11.3 Å². The molecule has 188 valence electrons. The third kappa shape index (κ3) is 5.56. The number of rotatable bonds is 6. The SMILES string of the molecule is Cc1ccc2c(c1)NC(=S)Cc1cnc(Nc3cc(CCN4CCC(N(C)C)CC4)cnc3C)nc1-2. The number of piperidine rings is 1. The standard InChI is InChI=1S/C28H35N7S/c1-18-5-6-23-25(13-18)31-26(36)15-21-17-30-28(33-27(21)23)32-24-14-20(16-29-19(24)2)7-10-35-11-8-22(9-12-35)34(3)4/h5-6,13-14,16-17,22H,7-12,15H2,1-4H3,(H,31,36)(H,30,32,33). The van der Waals surface area contributed by atoms with Crippen LogP contribution in [0.4, 0.5) is 17.3 Å². The molecule has 2 aromatic heterocycles. The first kappa shape index (κ1) is 24.7. The molecule has 1 aromatic carbocycles. The van der Waals surface area contributed by atoms with Gasteiger partial charge in [-0.3, -0.25) is 4.98 Å². The van der Waals surface area contributed by atoms with Crippen molar-refractivity contribution in [3.05, 3.63) is 59.0 Å². The number of aromatic nitrogens is 3. The molecular weight excluding hydrogens is 466 g/mol. The monoisotopic (exact) mass is 501 g/mol. The normalized spacial score (nSPS) is 16.3. The van der Waals surface area contributed by atoms with E-state index in [4.69, 9.17) is 17.2 Å². The lowest BCUT2D eigenvalue weighted by atomic mass is 10.0. The molecule has 0 spiro atoms. The van der Waals surface area contributed by atoms with E-state index in [0.717, 1.165) is 64.9 Å². The average molecular weight is 502 g/mol. The third-order valence-corrected chi connectivity index (χ3v) is 7.56. The summed E-state index contributed by atoms with van der Waals surface area (Å²) in [6.07, 6.45) is 7.97. The predicted octanol–water partition coefficient (Wildman–Crippen LogP) is 4.76. The maximum atomic E-state index is 5.55. The van der Waals surface area contributed by atoms with Crippen molar-refractivity contribution in [2.45, 2.75) is 45.6 Å². The fourth-order valence-electron chi connectivity index (χ4n) is 5.07. The Bertz CT molecular complexity index is 1260. The number of anilines is 3. The van der Waals surface area contributed by atoms with Gasteiger partial charge in [-0.2, -0.15) is 0 Å². The summed E-state index contributed by atoms with van der Waals surface area (Å²) in [4.78, 5) is 19.9. The van der Waals surface area contributed by atoms with E-state index in [1.807, 2.05) is 19.3 Å². The van der Waals surface area contributed by atoms with Crippen LogP contribution in [0.3, 0.4) is 0 Å². The van der Waals surface area contributed by atoms with E-state index in [9.17, 15) is 0 Å². The molecule has 3 aromatic rings. The number of aryl methyl sites for hydroxylation is 2. The van der Waals surface area contributed by atoms with Gasteiger partial charge < -0.3 is 20.4 Å². The van der Waals surface area contributed by atoms with Crippen molar-refractivity contribution < 1.29 is 0 Å². The zero-order valence-corrected chi connectivity index (χ0v) is 22.5. The summed E-state index contributed by atoms with van der Waals surface area (Å²) in [7, 11) is 4.37. The summed E-state index contributed by atoms with van der Waals surface area (Å²) >= 11 is 5.55. The van der Waals surface area contributed by atoms with Crippen LogP contribution in [0, 0.1) is 13.8 Å². The van der Waals surface area contributed by atoms with Crippen molar-refractivity contribution in [2.24, 2.45) is 0 Å². The summed E-state index contributed by atoms with van der Waals surface area (Å²) in [6.45, 7) is 7.48. The lowest BCUT2D eigenvalue weighted by Gasteiger charge is -2.35. The lowest BCUT2D eigenvalue weighted by molar-refractivity contribution is 0.146. The molecule has 4 heterocycles. The molecule has 2 N–H and O–H groups in total. The van der Waals surface area contributed by atoms with E-state index < -0.39 is 0 Å². The van der Waals surface area contributed by atoms with Gasteiger partial charge in [0.1, 0.15) is 0 Å². The molecule has 7 nitrogen and oxygen atoms in total. The number of pyridine rings is 1. The molecule has 36 heavy (non-hydrogen) atoms. The smallest absolute Gasteiger partial charge is 0.227 e. The lowest BCUT2D eigenvalue weighted by Crippen LogP contribution is -2.42. The van der Waals surface area contributed by atoms with Crippen LogP contribution in [0.25, 0.3) is 11.3 Å². The van der Waals surface area contributed by atoms with Gasteiger partial charge in [-0.1, -0.05) is 24.4 Å². The molecule has 5 rings (SSSR count). The van der Waals surface area contributed by atoms with E-state index in [0.29, 0.717) is 18.4 Å². The van der Waals surface area contributed by atoms with Gasteiger partial charge >= 0.3 is 0 Å². The first-order chi connectivity index (χ1) is 17.4. The third-order valence-electron chi connectivity index (χ3n) is 7.31.